The van der Waals surface area contributed by atoms with E-state index in [9.17, 15) is 0 Å². The van der Waals surface area contributed by atoms with E-state index in [0.717, 1.165) is 17.7 Å². The molecule has 2 rings (SSSR count). The van der Waals surface area contributed by atoms with Gasteiger partial charge in [-0.2, -0.15) is 0 Å². The minimum Gasteiger partial charge on any atom is -0.496 e. The van der Waals surface area contributed by atoms with Crippen LogP contribution >= 0.6 is 0 Å². The number of ether oxygens (including phenoxy) is 1. The molecule has 19 heavy (non-hydrogen) atoms. The van der Waals surface area contributed by atoms with E-state index >= 15 is 0 Å². The van der Waals surface area contributed by atoms with Crippen LogP contribution in [0.1, 0.15) is 23.6 Å². The van der Waals surface area contributed by atoms with Gasteiger partial charge in [0.2, 0.25) is 0 Å². The molecule has 1 atom stereocenters. The van der Waals surface area contributed by atoms with Crippen molar-refractivity contribution in [3.63, 3.8) is 0 Å². The SMILES string of the molecule is COc1ccccc1C(C)(N)Cc1cccc(C)c1. The molecule has 2 aromatic carbocycles. The fourth-order valence-electron chi connectivity index (χ4n) is 2.46. The molecular formula is C17H21NO. The quantitative estimate of drug-likeness (QED) is 0.908. The fourth-order valence-corrected chi connectivity index (χ4v) is 2.46. The molecule has 100 valence electrons. The molecule has 0 aliphatic heterocycles. The van der Waals surface area contributed by atoms with Gasteiger partial charge in [-0.05, 0) is 31.9 Å². The highest BCUT2D eigenvalue weighted by molar-refractivity contribution is 5.40. The van der Waals surface area contributed by atoms with Crippen LogP contribution in [-0.2, 0) is 12.0 Å². The van der Waals surface area contributed by atoms with E-state index in [4.69, 9.17) is 10.5 Å². The molecule has 0 aromatic heterocycles. The van der Waals surface area contributed by atoms with Gasteiger partial charge in [-0.15, -0.1) is 0 Å². The average molecular weight is 255 g/mol. The lowest BCUT2D eigenvalue weighted by molar-refractivity contribution is 0.386. The minimum absolute atomic E-state index is 0.444. The van der Waals surface area contributed by atoms with Crippen LogP contribution in [0.4, 0.5) is 0 Å². The van der Waals surface area contributed by atoms with E-state index in [0.29, 0.717) is 0 Å². The Morgan fingerprint density at radius 3 is 2.53 bits per heavy atom. The summed E-state index contributed by atoms with van der Waals surface area (Å²) in [5.41, 5.74) is 9.62. The van der Waals surface area contributed by atoms with Crippen LogP contribution in [-0.4, -0.2) is 7.11 Å². The molecule has 0 bridgehead atoms. The summed E-state index contributed by atoms with van der Waals surface area (Å²) >= 11 is 0. The van der Waals surface area contributed by atoms with Crippen LogP contribution in [0, 0.1) is 6.92 Å². The number of aryl methyl sites for hydroxylation is 1. The van der Waals surface area contributed by atoms with E-state index in [1.165, 1.54) is 11.1 Å². The van der Waals surface area contributed by atoms with Crippen molar-refractivity contribution in [1.29, 1.82) is 0 Å². The van der Waals surface area contributed by atoms with Crippen molar-refractivity contribution < 1.29 is 4.74 Å². The van der Waals surface area contributed by atoms with Gasteiger partial charge in [0.05, 0.1) is 7.11 Å². The number of methoxy groups -OCH3 is 1. The van der Waals surface area contributed by atoms with Gasteiger partial charge in [0.15, 0.2) is 0 Å². The molecule has 0 saturated heterocycles. The van der Waals surface area contributed by atoms with Crippen LogP contribution in [0.15, 0.2) is 48.5 Å². The summed E-state index contributed by atoms with van der Waals surface area (Å²) < 4.78 is 5.41. The van der Waals surface area contributed by atoms with Gasteiger partial charge in [-0.3, -0.25) is 0 Å². The number of hydrogen-bond acceptors (Lipinski definition) is 2. The normalized spacial score (nSPS) is 13.9. The molecule has 0 aliphatic rings. The van der Waals surface area contributed by atoms with Crippen LogP contribution < -0.4 is 10.5 Å². The summed E-state index contributed by atoms with van der Waals surface area (Å²) in [4.78, 5) is 0. The summed E-state index contributed by atoms with van der Waals surface area (Å²) in [5.74, 6) is 0.847. The Hall–Kier alpha value is -1.80. The van der Waals surface area contributed by atoms with Crippen molar-refractivity contribution in [2.75, 3.05) is 7.11 Å². The topological polar surface area (TPSA) is 35.2 Å². The van der Waals surface area contributed by atoms with Crippen molar-refractivity contribution in [2.24, 2.45) is 5.73 Å². The van der Waals surface area contributed by atoms with Crippen molar-refractivity contribution in [1.82, 2.24) is 0 Å². The maximum Gasteiger partial charge on any atom is 0.123 e. The molecule has 0 spiro atoms. The third-order valence-electron chi connectivity index (χ3n) is 3.38. The molecule has 2 N–H and O–H groups in total. The maximum absolute atomic E-state index is 6.52. The number of hydrogen-bond donors (Lipinski definition) is 1. The molecule has 0 saturated carbocycles. The average Bonchev–Trinajstić information content (AvgIpc) is 2.38. The molecule has 2 heteroatoms. The Morgan fingerprint density at radius 1 is 1.11 bits per heavy atom. The summed E-state index contributed by atoms with van der Waals surface area (Å²) in [5, 5.41) is 0. The molecule has 0 aliphatic carbocycles. The number of para-hydroxylation sites is 1. The Labute approximate surface area is 115 Å². The monoisotopic (exact) mass is 255 g/mol. The summed E-state index contributed by atoms with van der Waals surface area (Å²) in [7, 11) is 1.68. The zero-order chi connectivity index (χ0) is 13.9. The second kappa shape index (κ2) is 5.45. The van der Waals surface area contributed by atoms with Crippen LogP contribution in [0.25, 0.3) is 0 Å². The molecule has 0 heterocycles. The van der Waals surface area contributed by atoms with Gasteiger partial charge < -0.3 is 10.5 Å². The summed E-state index contributed by atoms with van der Waals surface area (Å²) in [6.07, 6.45) is 0.787. The second-order valence-electron chi connectivity index (χ2n) is 5.28. The predicted molar refractivity (Wildman–Crippen MR) is 79.4 cm³/mol. The van der Waals surface area contributed by atoms with Gasteiger partial charge in [0.25, 0.3) is 0 Å². The lowest BCUT2D eigenvalue weighted by Crippen LogP contribution is -2.35. The van der Waals surface area contributed by atoms with Gasteiger partial charge in [-0.25, -0.2) is 0 Å². The summed E-state index contributed by atoms with van der Waals surface area (Å²) in [6.45, 7) is 4.15. The molecular weight excluding hydrogens is 234 g/mol. The Balaban J connectivity index is 2.32. The van der Waals surface area contributed by atoms with E-state index in [2.05, 4.69) is 31.2 Å². The van der Waals surface area contributed by atoms with E-state index in [1.54, 1.807) is 7.11 Å². The third-order valence-corrected chi connectivity index (χ3v) is 3.38. The molecule has 2 aromatic rings. The summed E-state index contributed by atoms with van der Waals surface area (Å²) in [6, 6.07) is 16.4. The van der Waals surface area contributed by atoms with Gasteiger partial charge in [0.1, 0.15) is 5.75 Å². The number of benzene rings is 2. The first-order chi connectivity index (χ1) is 9.03. The Morgan fingerprint density at radius 2 is 1.84 bits per heavy atom. The van der Waals surface area contributed by atoms with E-state index in [-0.39, 0.29) is 0 Å². The van der Waals surface area contributed by atoms with Crippen molar-refractivity contribution in [2.45, 2.75) is 25.8 Å². The highest BCUT2D eigenvalue weighted by Gasteiger charge is 2.25. The minimum atomic E-state index is -0.444. The van der Waals surface area contributed by atoms with E-state index in [1.807, 2.05) is 31.2 Å². The standard InChI is InChI=1S/C17H21NO/c1-13-7-6-8-14(11-13)12-17(2,18)15-9-4-5-10-16(15)19-3/h4-11H,12,18H2,1-3H3. The molecule has 0 amide bonds. The highest BCUT2D eigenvalue weighted by Crippen LogP contribution is 2.30. The van der Waals surface area contributed by atoms with Crippen LogP contribution in [0.5, 0.6) is 5.75 Å². The van der Waals surface area contributed by atoms with Crippen molar-refractivity contribution in [3.8, 4) is 5.75 Å². The van der Waals surface area contributed by atoms with E-state index < -0.39 is 5.54 Å². The number of rotatable bonds is 4. The van der Waals surface area contributed by atoms with Crippen molar-refractivity contribution in [3.05, 3.63) is 65.2 Å². The lowest BCUT2D eigenvalue weighted by atomic mass is 9.85. The van der Waals surface area contributed by atoms with Crippen LogP contribution in [0.2, 0.25) is 0 Å². The first-order valence-corrected chi connectivity index (χ1v) is 6.51. The third kappa shape index (κ3) is 3.15. The second-order valence-corrected chi connectivity index (χ2v) is 5.28. The molecule has 1 unspecified atom stereocenters. The number of nitrogens with two attached hydrogens (primary N) is 1. The zero-order valence-electron chi connectivity index (χ0n) is 11.8. The predicted octanol–water partition coefficient (Wildman–Crippen LogP) is 3.42. The Kier molecular flexibility index (Phi) is 3.91. The maximum atomic E-state index is 6.52. The van der Waals surface area contributed by atoms with Crippen LogP contribution in [0.3, 0.4) is 0 Å². The smallest absolute Gasteiger partial charge is 0.123 e. The highest BCUT2D eigenvalue weighted by atomic mass is 16.5. The first kappa shape index (κ1) is 13.6. The fraction of sp³-hybridized carbons (Fsp3) is 0.294. The Bertz CT molecular complexity index is 561. The van der Waals surface area contributed by atoms with Gasteiger partial charge in [0, 0.05) is 11.1 Å². The molecule has 0 radical (unpaired) electrons. The lowest BCUT2D eigenvalue weighted by Gasteiger charge is -2.27. The molecule has 0 fully saturated rings. The van der Waals surface area contributed by atoms with Crippen molar-refractivity contribution >= 4 is 0 Å². The largest absolute Gasteiger partial charge is 0.496 e. The van der Waals surface area contributed by atoms with Gasteiger partial charge >= 0.3 is 0 Å². The molecule has 2 nitrogen and oxygen atoms in total. The van der Waals surface area contributed by atoms with Gasteiger partial charge in [-0.1, -0.05) is 48.0 Å². The zero-order valence-corrected chi connectivity index (χ0v) is 11.8. The first-order valence-electron chi connectivity index (χ1n) is 6.51.